The molecule has 54 valence electrons. The highest BCUT2D eigenvalue weighted by Crippen LogP contribution is 2.07. The van der Waals surface area contributed by atoms with E-state index >= 15 is 0 Å². The Hall–Kier alpha value is -1.25. The van der Waals surface area contributed by atoms with Gasteiger partial charge in [-0.05, 0) is 23.1 Å². The first-order valence-electron chi connectivity index (χ1n) is 3.53. The van der Waals surface area contributed by atoms with Gasteiger partial charge in [0.1, 0.15) is 0 Å². The zero-order valence-corrected chi connectivity index (χ0v) is 5.97. The maximum absolute atomic E-state index is 12.3. The first-order chi connectivity index (χ1) is 5.42. The molecule has 0 radical (unpaired) electrons. The van der Waals surface area contributed by atoms with Gasteiger partial charge in [0, 0.05) is 5.52 Å². The highest BCUT2D eigenvalue weighted by Gasteiger charge is 2.01. The van der Waals surface area contributed by atoms with Crippen molar-refractivity contribution in [1.29, 1.82) is 0 Å². The first-order valence-corrected chi connectivity index (χ1v) is 3.53. The third kappa shape index (κ3) is 0.927. The van der Waals surface area contributed by atoms with Crippen molar-refractivity contribution < 1.29 is 4.32 Å². The van der Waals surface area contributed by atoms with E-state index in [1.54, 1.807) is 6.20 Å². The van der Waals surface area contributed by atoms with E-state index in [2.05, 4.69) is 4.98 Å². The summed E-state index contributed by atoms with van der Waals surface area (Å²) in [5.41, 5.74) is 1.74. The van der Waals surface area contributed by atoms with E-state index in [1.165, 1.54) is 0 Å². The lowest BCUT2D eigenvalue weighted by Crippen LogP contribution is -2.05. The van der Waals surface area contributed by atoms with Crippen molar-refractivity contribution in [2.24, 2.45) is 0 Å². The Bertz CT molecular complexity index is 369. The Morgan fingerprint density at radius 3 is 2.91 bits per heavy atom. The SMILES string of the molecule is FBc1c[nH]c2ccccc12. The normalized spacial score (nSPS) is 10.3. The number of halogens is 1. The molecule has 0 aliphatic heterocycles. The van der Waals surface area contributed by atoms with E-state index < -0.39 is 7.56 Å². The van der Waals surface area contributed by atoms with E-state index in [0.29, 0.717) is 0 Å². The van der Waals surface area contributed by atoms with Crippen molar-refractivity contribution in [1.82, 2.24) is 4.98 Å². The molecule has 11 heavy (non-hydrogen) atoms. The van der Waals surface area contributed by atoms with Gasteiger partial charge in [-0.1, -0.05) is 18.2 Å². The predicted molar refractivity (Wildman–Crippen MR) is 46.2 cm³/mol. The van der Waals surface area contributed by atoms with Crippen LogP contribution in [-0.4, -0.2) is 12.5 Å². The Labute approximate surface area is 64.5 Å². The molecule has 1 N–H and O–H groups in total. The van der Waals surface area contributed by atoms with Gasteiger partial charge in [0.15, 0.2) is 0 Å². The molecule has 3 heteroatoms. The summed E-state index contributed by atoms with van der Waals surface area (Å²) in [6.45, 7) is 0. The summed E-state index contributed by atoms with van der Waals surface area (Å²) < 4.78 is 12.3. The minimum Gasteiger partial charge on any atom is -0.362 e. The van der Waals surface area contributed by atoms with Crippen LogP contribution in [0.2, 0.25) is 0 Å². The van der Waals surface area contributed by atoms with Gasteiger partial charge in [0.05, 0.1) is 0 Å². The van der Waals surface area contributed by atoms with Crippen molar-refractivity contribution in [3.63, 3.8) is 0 Å². The third-order valence-corrected chi connectivity index (χ3v) is 1.82. The zero-order chi connectivity index (χ0) is 7.68. The monoisotopic (exact) mass is 147 g/mol. The molecule has 0 saturated carbocycles. The van der Waals surface area contributed by atoms with E-state index in [9.17, 15) is 4.32 Å². The standard InChI is InChI=1S/C8H7BFN/c10-9-7-5-11-8-4-2-1-3-6(7)8/h1-5,9,11H. The number of para-hydroxylation sites is 1. The summed E-state index contributed by atoms with van der Waals surface area (Å²) in [4.78, 5) is 3.00. The van der Waals surface area contributed by atoms with Crippen molar-refractivity contribution in [3.05, 3.63) is 30.5 Å². The molecule has 0 amide bonds. The van der Waals surface area contributed by atoms with Crippen LogP contribution in [0, 0.1) is 0 Å². The molecule has 2 aromatic rings. The van der Waals surface area contributed by atoms with Crippen LogP contribution in [0.5, 0.6) is 0 Å². The fraction of sp³-hybridized carbons (Fsp3) is 0. The topological polar surface area (TPSA) is 15.8 Å². The summed E-state index contributed by atoms with van der Waals surface area (Å²) >= 11 is 0. The molecule has 1 aromatic heterocycles. The van der Waals surface area contributed by atoms with Crippen LogP contribution < -0.4 is 5.46 Å². The molecular formula is C8H7BFN. The smallest absolute Gasteiger partial charge is 0.362 e. The fourth-order valence-electron chi connectivity index (χ4n) is 1.24. The highest BCUT2D eigenvalue weighted by atomic mass is 19.1. The Kier molecular flexibility index (Phi) is 1.42. The number of hydrogen-bond donors (Lipinski definition) is 1. The minimum absolute atomic E-state index is 0.399. The minimum atomic E-state index is -0.399. The molecule has 1 heterocycles. The largest absolute Gasteiger partial charge is 0.366 e. The Balaban J connectivity index is 2.76. The van der Waals surface area contributed by atoms with Gasteiger partial charge in [-0.2, -0.15) is 0 Å². The first kappa shape index (κ1) is 6.46. The quantitative estimate of drug-likeness (QED) is 0.581. The van der Waals surface area contributed by atoms with Gasteiger partial charge in [0.2, 0.25) is 0 Å². The van der Waals surface area contributed by atoms with Crippen LogP contribution in [0.25, 0.3) is 10.9 Å². The third-order valence-electron chi connectivity index (χ3n) is 1.82. The number of aromatic amines is 1. The zero-order valence-electron chi connectivity index (χ0n) is 5.97. The van der Waals surface area contributed by atoms with E-state index in [0.717, 1.165) is 16.4 Å². The van der Waals surface area contributed by atoms with Crippen molar-refractivity contribution >= 4 is 23.9 Å². The van der Waals surface area contributed by atoms with Gasteiger partial charge in [-0.3, -0.25) is 0 Å². The van der Waals surface area contributed by atoms with Gasteiger partial charge in [0.25, 0.3) is 0 Å². The van der Waals surface area contributed by atoms with Crippen LogP contribution >= 0.6 is 0 Å². The summed E-state index contributed by atoms with van der Waals surface area (Å²) in [5, 5.41) is 0.981. The van der Waals surface area contributed by atoms with Gasteiger partial charge in [-0.25, -0.2) is 0 Å². The summed E-state index contributed by atoms with van der Waals surface area (Å²) in [7, 11) is -0.399. The number of fused-ring (bicyclic) bond motifs is 1. The average molecular weight is 147 g/mol. The molecule has 0 unspecified atom stereocenters. The molecule has 0 fully saturated rings. The molecule has 1 aromatic carbocycles. The number of benzene rings is 1. The molecule has 2 rings (SSSR count). The molecule has 0 spiro atoms. The van der Waals surface area contributed by atoms with E-state index in [-0.39, 0.29) is 0 Å². The van der Waals surface area contributed by atoms with Crippen molar-refractivity contribution in [2.75, 3.05) is 0 Å². The second-order valence-corrected chi connectivity index (χ2v) is 2.49. The number of H-pyrrole nitrogens is 1. The molecule has 0 aliphatic carbocycles. The molecule has 0 aliphatic rings. The second-order valence-electron chi connectivity index (χ2n) is 2.49. The number of rotatable bonds is 1. The predicted octanol–water partition coefficient (Wildman–Crippen LogP) is 1.11. The Morgan fingerprint density at radius 2 is 2.09 bits per heavy atom. The number of aromatic nitrogens is 1. The van der Waals surface area contributed by atoms with Crippen LogP contribution in [0.4, 0.5) is 4.32 Å². The van der Waals surface area contributed by atoms with Gasteiger partial charge < -0.3 is 9.30 Å². The maximum Gasteiger partial charge on any atom is 0.366 e. The average Bonchev–Trinajstić information content (AvgIpc) is 2.47. The van der Waals surface area contributed by atoms with E-state index in [4.69, 9.17) is 0 Å². The molecular weight excluding hydrogens is 140 g/mol. The number of nitrogens with one attached hydrogen (secondary N) is 1. The van der Waals surface area contributed by atoms with Crippen LogP contribution in [0.15, 0.2) is 30.5 Å². The van der Waals surface area contributed by atoms with Gasteiger partial charge in [-0.15, -0.1) is 0 Å². The number of hydrogen-bond acceptors (Lipinski definition) is 0. The molecule has 0 bridgehead atoms. The van der Waals surface area contributed by atoms with Crippen LogP contribution in [0.1, 0.15) is 0 Å². The lowest BCUT2D eigenvalue weighted by Gasteiger charge is -1.88. The lowest BCUT2D eigenvalue weighted by atomic mass is 9.91. The second kappa shape index (κ2) is 2.42. The highest BCUT2D eigenvalue weighted by molar-refractivity contribution is 6.50. The van der Waals surface area contributed by atoms with Crippen LogP contribution in [-0.2, 0) is 0 Å². The molecule has 0 atom stereocenters. The fourth-order valence-corrected chi connectivity index (χ4v) is 1.24. The lowest BCUT2D eigenvalue weighted by molar-refractivity contribution is 0.885. The van der Waals surface area contributed by atoms with E-state index in [1.807, 2.05) is 24.3 Å². The molecule has 1 nitrogen and oxygen atoms in total. The van der Waals surface area contributed by atoms with Gasteiger partial charge >= 0.3 is 7.56 Å². The van der Waals surface area contributed by atoms with Crippen molar-refractivity contribution in [2.45, 2.75) is 0 Å². The summed E-state index contributed by atoms with van der Waals surface area (Å²) in [5.74, 6) is 0. The Morgan fingerprint density at radius 1 is 1.27 bits per heavy atom. The van der Waals surface area contributed by atoms with Crippen LogP contribution in [0.3, 0.4) is 0 Å². The summed E-state index contributed by atoms with van der Waals surface area (Å²) in [6.07, 6.45) is 1.71. The molecule has 0 saturated heterocycles. The summed E-state index contributed by atoms with van der Waals surface area (Å²) in [6, 6.07) is 7.70. The van der Waals surface area contributed by atoms with Crippen molar-refractivity contribution in [3.8, 4) is 0 Å². The maximum atomic E-state index is 12.3.